The van der Waals surface area contributed by atoms with Crippen molar-refractivity contribution in [1.29, 1.82) is 0 Å². The smallest absolute Gasteiger partial charge is 0.255 e. The number of anilines is 1. The minimum absolute atomic E-state index is 0.290. The van der Waals surface area contributed by atoms with Gasteiger partial charge in [0.1, 0.15) is 11.0 Å². The van der Waals surface area contributed by atoms with Crippen LogP contribution in [0, 0.1) is 0 Å². The highest BCUT2D eigenvalue weighted by atomic mass is 35.5. The second-order valence-corrected chi connectivity index (χ2v) is 5.94. The van der Waals surface area contributed by atoms with Crippen LogP contribution in [0.1, 0.15) is 17.3 Å². The summed E-state index contributed by atoms with van der Waals surface area (Å²) in [5.41, 5.74) is 2.30. The lowest BCUT2D eigenvalue weighted by Crippen LogP contribution is -2.12. The molecule has 0 radical (unpaired) electrons. The molecule has 0 bridgehead atoms. The van der Waals surface area contributed by atoms with Gasteiger partial charge in [-0.1, -0.05) is 29.3 Å². The lowest BCUT2D eigenvalue weighted by Gasteiger charge is -2.11. The molecule has 1 aromatic heterocycles. The molecule has 0 saturated heterocycles. The second kappa shape index (κ2) is 6.70. The van der Waals surface area contributed by atoms with Crippen molar-refractivity contribution in [2.45, 2.75) is 6.92 Å². The molecule has 0 spiro atoms. The molecule has 2 aromatic carbocycles. The third-order valence-electron chi connectivity index (χ3n) is 3.08. The monoisotopic (exact) mass is 367 g/mol. The summed E-state index contributed by atoms with van der Waals surface area (Å²) < 4.78 is 13.7. The van der Waals surface area contributed by atoms with Crippen LogP contribution in [-0.2, 0) is 0 Å². The highest BCUT2D eigenvalue weighted by Gasteiger charge is 2.15. The molecule has 23 heavy (non-hydrogen) atoms. The lowest BCUT2D eigenvalue weighted by atomic mass is 10.2. The Morgan fingerprint density at radius 1 is 1.26 bits per heavy atom. The van der Waals surface area contributed by atoms with Crippen molar-refractivity contribution < 1.29 is 9.53 Å². The number of hydrogen-bond acceptors (Lipinski definition) is 5. The van der Waals surface area contributed by atoms with Gasteiger partial charge in [0.05, 0.1) is 34.1 Å². The maximum atomic E-state index is 12.4. The maximum Gasteiger partial charge on any atom is 0.255 e. The number of amides is 1. The number of aromatic nitrogens is 2. The van der Waals surface area contributed by atoms with Gasteiger partial charge in [-0.3, -0.25) is 4.79 Å². The second-order valence-electron chi connectivity index (χ2n) is 4.59. The fraction of sp³-hybridized carbons (Fsp3) is 0.133. The fourth-order valence-electron chi connectivity index (χ4n) is 2.07. The van der Waals surface area contributed by atoms with E-state index in [0.29, 0.717) is 29.1 Å². The average Bonchev–Trinajstić information content (AvgIpc) is 3.00. The molecule has 0 atom stereocenters. The molecule has 1 amide bonds. The Hall–Kier alpha value is -1.89. The zero-order valence-corrected chi connectivity index (χ0v) is 14.3. The fourth-order valence-corrected chi connectivity index (χ4v) is 3.22. The van der Waals surface area contributed by atoms with E-state index in [1.165, 1.54) is 12.1 Å². The molecule has 5 nitrogen and oxygen atoms in total. The van der Waals surface area contributed by atoms with Crippen LogP contribution in [0.4, 0.5) is 5.69 Å². The summed E-state index contributed by atoms with van der Waals surface area (Å²) in [6, 6.07) is 8.44. The van der Waals surface area contributed by atoms with E-state index in [4.69, 9.17) is 27.9 Å². The highest BCUT2D eigenvalue weighted by Crippen LogP contribution is 2.34. The van der Waals surface area contributed by atoms with Crippen molar-refractivity contribution in [3.05, 3.63) is 45.9 Å². The first-order chi connectivity index (χ1) is 11.1. The number of fused-ring (bicyclic) bond motifs is 1. The number of hydrogen-bond donors (Lipinski definition) is 1. The van der Waals surface area contributed by atoms with Crippen molar-refractivity contribution in [1.82, 2.24) is 8.75 Å². The zero-order valence-electron chi connectivity index (χ0n) is 12.0. The molecule has 0 aliphatic heterocycles. The van der Waals surface area contributed by atoms with E-state index in [0.717, 1.165) is 17.2 Å². The average molecular weight is 368 g/mol. The van der Waals surface area contributed by atoms with Crippen LogP contribution in [0.5, 0.6) is 5.75 Å². The molecule has 118 valence electrons. The molecule has 3 rings (SSSR count). The van der Waals surface area contributed by atoms with E-state index in [9.17, 15) is 4.79 Å². The van der Waals surface area contributed by atoms with Crippen LogP contribution >= 0.6 is 34.9 Å². The molecule has 0 saturated carbocycles. The Kier molecular flexibility index (Phi) is 4.66. The van der Waals surface area contributed by atoms with Crippen molar-refractivity contribution in [3.8, 4) is 5.75 Å². The first-order valence-electron chi connectivity index (χ1n) is 6.74. The molecule has 0 unspecified atom stereocenters. The van der Waals surface area contributed by atoms with Gasteiger partial charge in [-0.05, 0) is 31.2 Å². The molecule has 0 aliphatic rings. The van der Waals surface area contributed by atoms with Crippen LogP contribution in [-0.4, -0.2) is 21.3 Å². The number of carbonyl (C=O) groups excluding carboxylic acids is 1. The number of carbonyl (C=O) groups is 1. The Morgan fingerprint density at radius 3 is 2.70 bits per heavy atom. The van der Waals surface area contributed by atoms with Gasteiger partial charge in [-0.25, -0.2) is 0 Å². The van der Waals surface area contributed by atoms with E-state index < -0.39 is 0 Å². The van der Waals surface area contributed by atoms with Gasteiger partial charge in [0.2, 0.25) is 0 Å². The van der Waals surface area contributed by atoms with Crippen molar-refractivity contribution in [2.75, 3.05) is 11.9 Å². The molecule has 1 heterocycles. The number of ether oxygens (including phenoxy) is 1. The van der Waals surface area contributed by atoms with Gasteiger partial charge in [-0.15, -0.1) is 0 Å². The SMILES string of the molecule is CCOc1c(Cl)cc(C(=O)Nc2cccc3nsnc23)cc1Cl. The Bertz CT molecular complexity index is 859. The van der Waals surface area contributed by atoms with E-state index in [1.54, 1.807) is 12.1 Å². The number of rotatable bonds is 4. The molecule has 1 N–H and O–H groups in total. The number of halogens is 2. The van der Waals surface area contributed by atoms with Crippen LogP contribution in [0.25, 0.3) is 11.0 Å². The third-order valence-corrected chi connectivity index (χ3v) is 4.19. The largest absolute Gasteiger partial charge is 0.491 e. The predicted molar refractivity (Wildman–Crippen MR) is 93.0 cm³/mol. The van der Waals surface area contributed by atoms with Gasteiger partial charge < -0.3 is 10.1 Å². The molecule has 0 aliphatic carbocycles. The zero-order chi connectivity index (χ0) is 16.4. The summed E-state index contributed by atoms with van der Waals surface area (Å²) in [6.45, 7) is 2.26. The minimum Gasteiger partial charge on any atom is -0.491 e. The topological polar surface area (TPSA) is 64.1 Å². The minimum atomic E-state index is -0.336. The first kappa shape index (κ1) is 16.0. The van der Waals surface area contributed by atoms with Crippen molar-refractivity contribution in [2.24, 2.45) is 0 Å². The van der Waals surface area contributed by atoms with Gasteiger partial charge in [0.25, 0.3) is 5.91 Å². The summed E-state index contributed by atoms with van der Waals surface area (Å²) >= 11 is 13.3. The third kappa shape index (κ3) is 3.24. The van der Waals surface area contributed by atoms with Crippen LogP contribution in [0.2, 0.25) is 10.0 Å². The van der Waals surface area contributed by atoms with E-state index >= 15 is 0 Å². The normalized spacial score (nSPS) is 10.7. The van der Waals surface area contributed by atoms with E-state index in [-0.39, 0.29) is 16.0 Å². The summed E-state index contributed by atoms with van der Waals surface area (Å²) in [5.74, 6) is 0.0375. The lowest BCUT2D eigenvalue weighted by molar-refractivity contribution is 0.102. The Balaban J connectivity index is 1.90. The van der Waals surface area contributed by atoms with Crippen molar-refractivity contribution in [3.63, 3.8) is 0 Å². The number of benzene rings is 2. The van der Waals surface area contributed by atoms with Gasteiger partial charge in [0, 0.05) is 5.56 Å². The summed E-state index contributed by atoms with van der Waals surface area (Å²) in [7, 11) is 0. The molecule has 3 aromatic rings. The first-order valence-corrected chi connectivity index (χ1v) is 8.23. The van der Waals surface area contributed by atoms with E-state index in [2.05, 4.69) is 14.1 Å². The number of nitrogens with zero attached hydrogens (tertiary/aromatic N) is 2. The molecule has 8 heteroatoms. The molecular weight excluding hydrogens is 357 g/mol. The Labute approximate surface area is 146 Å². The van der Waals surface area contributed by atoms with E-state index in [1.807, 2.05) is 13.0 Å². The molecular formula is C15H11Cl2N3O2S. The van der Waals surface area contributed by atoms with Crippen LogP contribution in [0.15, 0.2) is 30.3 Å². The molecule has 0 fully saturated rings. The number of nitrogens with one attached hydrogen (secondary N) is 1. The van der Waals surface area contributed by atoms with Crippen LogP contribution < -0.4 is 10.1 Å². The van der Waals surface area contributed by atoms with Gasteiger partial charge >= 0.3 is 0 Å². The Morgan fingerprint density at radius 2 is 2.00 bits per heavy atom. The quantitative estimate of drug-likeness (QED) is 0.728. The highest BCUT2D eigenvalue weighted by molar-refractivity contribution is 7.00. The van der Waals surface area contributed by atoms with Gasteiger partial charge in [0.15, 0.2) is 5.75 Å². The van der Waals surface area contributed by atoms with Crippen LogP contribution in [0.3, 0.4) is 0 Å². The summed E-state index contributed by atoms with van der Waals surface area (Å²) in [6.07, 6.45) is 0. The summed E-state index contributed by atoms with van der Waals surface area (Å²) in [4.78, 5) is 12.4. The standard InChI is InChI=1S/C15H11Cl2N3O2S/c1-2-22-14-9(16)6-8(7-10(14)17)15(21)18-11-4-3-5-12-13(11)20-23-19-12/h3-7H,2H2,1H3,(H,18,21). The van der Waals surface area contributed by atoms with Crippen molar-refractivity contribution >= 4 is 57.6 Å². The summed E-state index contributed by atoms with van der Waals surface area (Å²) in [5, 5.41) is 3.38. The predicted octanol–water partition coefficient (Wildman–Crippen LogP) is 4.65. The maximum absolute atomic E-state index is 12.4. The van der Waals surface area contributed by atoms with Gasteiger partial charge in [-0.2, -0.15) is 8.75 Å².